The molecule has 0 aliphatic heterocycles. The van der Waals surface area contributed by atoms with Crippen LogP contribution in [-0.2, 0) is 13.0 Å². The van der Waals surface area contributed by atoms with Crippen molar-refractivity contribution in [3.05, 3.63) is 63.4 Å². The topological polar surface area (TPSA) is 35.2 Å². The van der Waals surface area contributed by atoms with Crippen LogP contribution in [0.2, 0.25) is 0 Å². The number of benzene rings is 2. The van der Waals surface area contributed by atoms with E-state index in [0.717, 1.165) is 27.8 Å². The van der Waals surface area contributed by atoms with Crippen LogP contribution in [0.4, 0.5) is 4.39 Å². The van der Waals surface area contributed by atoms with Crippen molar-refractivity contribution >= 4 is 15.9 Å². The average Bonchev–Trinajstić information content (AvgIpc) is 2.40. The van der Waals surface area contributed by atoms with E-state index < -0.39 is 0 Å². The molecule has 2 aromatic carbocycles. The van der Waals surface area contributed by atoms with E-state index >= 15 is 0 Å². The van der Waals surface area contributed by atoms with Crippen molar-refractivity contribution in [1.82, 2.24) is 0 Å². The number of hydrogen-bond donors (Lipinski definition) is 1. The lowest BCUT2D eigenvalue weighted by atomic mass is 10.1. The summed E-state index contributed by atoms with van der Waals surface area (Å²) >= 11 is 3.24. The largest absolute Gasteiger partial charge is 0.489 e. The quantitative estimate of drug-likeness (QED) is 0.895. The highest BCUT2D eigenvalue weighted by atomic mass is 79.9. The molecule has 0 spiro atoms. The van der Waals surface area contributed by atoms with Crippen LogP contribution in [-0.4, -0.2) is 6.54 Å². The molecule has 0 aliphatic rings. The number of ether oxygens (including phenoxy) is 1. The van der Waals surface area contributed by atoms with Crippen molar-refractivity contribution in [2.24, 2.45) is 5.73 Å². The highest BCUT2D eigenvalue weighted by Crippen LogP contribution is 2.23. The molecule has 2 aromatic rings. The molecular formula is C16H17BrFNO. The fourth-order valence-electron chi connectivity index (χ4n) is 1.99. The number of nitrogens with two attached hydrogens (primary N) is 1. The van der Waals surface area contributed by atoms with Gasteiger partial charge in [-0.2, -0.15) is 0 Å². The lowest BCUT2D eigenvalue weighted by Crippen LogP contribution is -2.06. The Morgan fingerprint density at radius 2 is 1.95 bits per heavy atom. The molecule has 0 saturated carbocycles. The molecule has 2 rings (SSSR count). The molecule has 0 bridgehead atoms. The predicted octanol–water partition coefficient (Wildman–Crippen LogP) is 3.98. The van der Waals surface area contributed by atoms with E-state index in [0.29, 0.717) is 12.1 Å². The molecule has 4 heteroatoms. The van der Waals surface area contributed by atoms with Gasteiger partial charge in [0.05, 0.1) is 0 Å². The second-order valence-corrected chi connectivity index (χ2v) is 5.59. The molecule has 2 nitrogen and oxygen atoms in total. The number of rotatable bonds is 5. The first kappa shape index (κ1) is 15.0. The van der Waals surface area contributed by atoms with Crippen LogP contribution < -0.4 is 10.5 Å². The summed E-state index contributed by atoms with van der Waals surface area (Å²) < 4.78 is 20.2. The zero-order chi connectivity index (χ0) is 14.5. The molecule has 0 aromatic heterocycles. The van der Waals surface area contributed by atoms with E-state index in [-0.39, 0.29) is 12.4 Å². The Labute approximate surface area is 126 Å². The zero-order valence-corrected chi connectivity index (χ0v) is 12.9. The molecule has 0 radical (unpaired) electrons. The second-order valence-electron chi connectivity index (χ2n) is 4.67. The van der Waals surface area contributed by atoms with Gasteiger partial charge in [0.1, 0.15) is 18.2 Å². The Kier molecular flexibility index (Phi) is 5.15. The van der Waals surface area contributed by atoms with E-state index in [2.05, 4.69) is 22.0 Å². The van der Waals surface area contributed by atoms with Gasteiger partial charge >= 0.3 is 0 Å². The Morgan fingerprint density at radius 3 is 2.65 bits per heavy atom. The Morgan fingerprint density at radius 1 is 1.15 bits per heavy atom. The number of halogens is 2. The SMILES string of the molecule is Cc1ccc(OCc2ccc(Br)cc2F)c(CCN)c1. The zero-order valence-electron chi connectivity index (χ0n) is 11.3. The minimum absolute atomic E-state index is 0.208. The summed E-state index contributed by atoms with van der Waals surface area (Å²) in [6, 6.07) is 10.9. The summed E-state index contributed by atoms with van der Waals surface area (Å²) in [5.74, 6) is 0.496. The maximum absolute atomic E-state index is 13.7. The lowest BCUT2D eigenvalue weighted by Gasteiger charge is -2.12. The molecule has 0 saturated heterocycles. The summed E-state index contributed by atoms with van der Waals surface area (Å²) in [7, 11) is 0. The fourth-order valence-corrected chi connectivity index (χ4v) is 2.33. The molecule has 106 valence electrons. The molecule has 0 fully saturated rings. The van der Waals surface area contributed by atoms with Crippen LogP contribution in [0.25, 0.3) is 0 Å². The van der Waals surface area contributed by atoms with Gasteiger partial charge in [-0.15, -0.1) is 0 Å². The van der Waals surface area contributed by atoms with E-state index in [1.807, 2.05) is 19.1 Å². The molecular weight excluding hydrogens is 321 g/mol. The van der Waals surface area contributed by atoms with Gasteiger partial charge in [0, 0.05) is 10.0 Å². The fraction of sp³-hybridized carbons (Fsp3) is 0.250. The maximum Gasteiger partial charge on any atom is 0.130 e. The molecule has 20 heavy (non-hydrogen) atoms. The van der Waals surface area contributed by atoms with Crippen molar-refractivity contribution in [2.75, 3.05) is 6.54 Å². The third-order valence-electron chi connectivity index (χ3n) is 3.03. The molecule has 2 N–H and O–H groups in total. The highest BCUT2D eigenvalue weighted by Gasteiger charge is 2.07. The lowest BCUT2D eigenvalue weighted by molar-refractivity contribution is 0.296. The van der Waals surface area contributed by atoms with Gasteiger partial charge in [0.15, 0.2) is 0 Å². The van der Waals surface area contributed by atoms with Crippen molar-refractivity contribution in [3.63, 3.8) is 0 Å². The molecule has 0 heterocycles. The predicted molar refractivity (Wildman–Crippen MR) is 82.4 cm³/mol. The first-order chi connectivity index (χ1) is 9.60. The third-order valence-corrected chi connectivity index (χ3v) is 3.52. The van der Waals surface area contributed by atoms with Gasteiger partial charge in [-0.3, -0.25) is 0 Å². The van der Waals surface area contributed by atoms with Gasteiger partial charge in [0.25, 0.3) is 0 Å². The van der Waals surface area contributed by atoms with Crippen LogP contribution in [0, 0.1) is 12.7 Å². The van der Waals surface area contributed by atoms with Gasteiger partial charge in [-0.25, -0.2) is 4.39 Å². The van der Waals surface area contributed by atoms with Gasteiger partial charge in [0.2, 0.25) is 0 Å². The van der Waals surface area contributed by atoms with Crippen molar-refractivity contribution < 1.29 is 9.13 Å². The molecule has 0 unspecified atom stereocenters. The molecule has 0 aliphatic carbocycles. The van der Waals surface area contributed by atoms with Crippen LogP contribution >= 0.6 is 15.9 Å². The summed E-state index contributed by atoms with van der Waals surface area (Å²) in [4.78, 5) is 0. The summed E-state index contributed by atoms with van der Waals surface area (Å²) in [6.07, 6.45) is 0.750. The third kappa shape index (κ3) is 3.81. The van der Waals surface area contributed by atoms with E-state index in [4.69, 9.17) is 10.5 Å². The van der Waals surface area contributed by atoms with Crippen molar-refractivity contribution in [1.29, 1.82) is 0 Å². The maximum atomic E-state index is 13.7. The Bertz CT molecular complexity index is 601. The van der Waals surface area contributed by atoms with E-state index in [1.165, 1.54) is 6.07 Å². The van der Waals surface area contributed by atoms with Gasteiger partial charge in [-0.05, 0) is 43.7 Å². The smallest absolute Gasteiger partial charge is 0.130 e. The van der Waals surface area contributed by atoms with Gasteiger partial charge in [-0.1, -0.05) is 39.7 Å². The Hall–Kier alpha value is -1.39. The first-order valence-electron chi connectivity index (χ1n) is 6.46. The van der Waals surface area contributed by atoms with Gasteiger partial charge < -0.3 is 10.5 Å². The summed E-state index contributed by atoms with van der Waals surface area (Å²) in [5.41, 5.74) is 8.36. The normalized spacial score (nSPS) is 10.6. The molecule has 0 amide bonds. The first-order valence-corrected chi connectivity index (χ1v) is 7.26. The number of hydrogen-bond acceptors (Lipinski definition) is 2. The minimum Gasteiger partial charge on any atom is -0.489 e. The minimum atomic E-state index is -0.271. The summed E-state index contributed by atoms with van der Waals surface area (Å²) in [6.45, 7) is 2.80. The van der Waals surface area contributed by atoms with Crippen LogP contribution in [0.1, 0.15) is 16.7 Å². The van der Waals surface area contributed by atoms with Crippen LogP contribution in [0.5, 0.6) is 5.75 Å². The molecule has 0 atom stereocenters. The van der Waals surface area contributed by atoms with E-state index in [9.17, 15) is 4.39 Å². The van der Waals surface area contributed by atoms with Crippen LogP contribution in [0.15, 0.2) is 40.9 Å². The van der Waals surface area contributed by atoms with Crippen LogP contribution in [0.3, 0.4) is 0 Å². The highest BCUT2D eigenvalue weighted by molar-refractivity contribution is 9.10. The standard InChI is InChI=1S/C16H17BrFNO/c1-11-2-5-16(12(8-11)6-7-19)20-10-13-3-4-14(17)9-15(13)18/h2-5,8-9H,6-7,10,19H2,1H3. The average molecular weight is 338 g/mol. The van der Waals surface area contributed by atoms with Crippen molar-refractivity contribution in [3.8, 4) is 5.75 Å². The monoisotopic (exact) mass is 337 g/mol. The summed E-state index contributed by atoms with van der Waals surface area (Å²) in [5, 5.41) is 0. The van der Waals surface area contributed by atoms with E-state index in [1.54, 1.807) is 12.1 Å². The Balaban J connectivity index is 2.14. The number of aryl methyl sites for hydroxylation is 1. The second kappa shape index (κ2) is 6.86. The van der Waals surface area contributed by atoms with Crippen molar-refractivity contribution in [2.45, 2.75) is 20.0 Å².